The van der Waals surface area contributed by atoms with Crippen LogP contribution in [-0.4, -0.2) is 44.3 Å². The van der Waals surface area contributed by atoms with Gasteiger partial charge < -0.3 is 20.4 Å². The highest BCUT2D eigenvalue weighted by Crippen LogP contribution is 2.54. The van der Waals surface area contributed by atoms with Crippen molar-refractivity contribution in [1.82, 2.24) is 0 Å². The molecule has 2 atom stereocenters. The highest BCUT2D eigenvalue weighted by Gasteiger charge is 2.53. The molecule has 1 aliphatic rings. The van der Waals surface area contributed by atoms with Crippen LogP contribution in [0.4, 0.5) is 0 Å². The highest BCUT2D eigenvalue weighted by atomic mass is 16.4. The lowest BCUT2D eigenvalue weighted by Gasteiger charge is -2.41. The van der Waals surface area contributed by atoms with Crippen LogP contribution in [0.2, 0.25) is 0 Å². The van der Waals surface area contributed by atoms with Crippen molar-refractivity contribution in [3.63, 3.8) is 0 Å². The van der Waals surface area contributed by atoms with Gasteiger partial charge in [-0.2, -0.15) is 0 Å². The Bertz CT molecular complexity index is 1670. The average molecular weight is 571 g/mol. The smallest absolute Gasteiger partial charge is 0.336 e. The van der Waals surface area contributed by atoms with Crippen LogP contribution in [0.15, 0.2) is 66.7 Å². The normalized spacial score (nSPS) is 18.5. The monoisotopic (exact) mass is 570 g/mol. The fraction of sp³-hybridized carbons (Fsp3) is 0.294. The lowest BCUT2D eigenvalue weighted by Crippen LogP contribution is -2.44. The van der Waals surface area contributed by atoms with Crippen LogP contribution in [-0.2, 0) is 25.8 Å². The molecule has 8 nitrogen and oxygen atoms in total. The van der Waals surface area contributed by atoms with E-state index in [4.69, 9.17) is 0 Å². The number of carbonyl (C=O) groups is 4. The second-order valence-electron chi connectivity index (χ2n) is 12.6. The maximum Gasteiger partial charge on any atom is 0.336 e. The maximum absolute atomic E-state index is 13.8. The minimum atomic E-state index is -2.25. The van der Waals surface area contributed by atoms with E-state index in [0.29, 0.717) is 11.1 Å². The van der Waals surface area contributed by atoms with Gasteiger partial charge in [-0.1, -0.05) is 96.1 Å². The number of rotatable bonds is 6. The van der Waals surface area contributed by atoms with Crippen LogP contribution >= 0.6 is 0 Å². The van der Waals surface area contributed by atoms with Gasteiger partial charge in [0.25, 0.3) is 0 Å². The van der Waals surface area contributed by atoms with Gasteiger partial charge in [0.05, 0.1) is 11.1 Å². The van der Waals surface area contributed by atoms with Crippen molar-refractivity contribution in [2.75, 3.05) is 0 Å². The molecule has 0 radical (unpaired) electrons. The van der Waals surface area contributed by atoms with Gasteiger partial charge in [-0.3, -0.25) is 9.59 Å². The van der Waals surface area contributed by atoms with Gasteiger partial charge >= 0.3 is 23.9 Å². The predicted molar refractivity (Wildman–Crippen MR) is 157 cm³/mol. The zero-order valence-corrected chi connectivity index (χ0v) is 24.4. The molecular formula is C34H34O8. The quantitative estimate of drug-likeness (QED) is 0.269. The van der Waals surface area contributed by atoms with Gasteiger partial charge in [0.15, 0.2) is 0 Å². The zero-order valence-electron chi connectivity index (χ0n) is 24.4. The van der Waals surface area contributed by atoms with Crippen molar-refractivity contribution >= 4 is 29.5 Å². The predicted octanol–water partition coefficient (Wildman–Crippen LogP) is 6.31. The summed E-state index contributed by atoms with van der Waals surface area (Å²) in [7, 11) is 0. The first-order chi connectivity index (χ1) is 19.4. The molecule has 0 fully saturated rings. The molecule has 8 heteroatoms. The third-order valence-corrected chi connectivity index (χ3v) is 7.86. The minimum absolute atomic E-state index is 0.0803. The van der Waals surface area contributed by atoms with Gasteiger partial charge in [-0.15, -0.1) is 0 Å². The first-order valence-corrected chi connectivity index (χ1v) is 13.5. The molecule has 0 amide bonds. The summed E-state index contributed by atoms with van der Waals surface area (Å²) >= 11 is 0. The molecule has 2 unspecified atom stereocenters. The van der Waals surface area contributed by atoms with Gasteiger partial charge in [-0.25, -0.2) is 9.59 Å². The van der Waals surface area contributed by atoms with Crippen molar-refractivity contribution in [2.24, 2.45) is 0 Å². The highest BCUT2D eigenvalue weighted by molar-refractivity contribution is 6.08. The largest absolute Gasteiger partial charge is 0.481 e. The summed E-state index contributed by atoms with van der Waals surface area (Å²) in [5.74, 6) is -7.55. The van der Waals surface area contributed by atoms with E-state index in [9.17, 15) is 39.6 Å². The standard InChI is InChI=1S/C34H34O8/c1-32(2,3)22-12-8-7-11-18(22)21-17-34(31(41)42,24-14-10-9-13-23(24)33(4,5)6)27-20(29(37)38)16-15-19(28(35)36)25(27)26(21)30(39)40/h7-17,26H,1-6H3,(H,35,36)(H,37,38)(H,39,40)(H,41,42). The van der Waals surface area contributed by atoms with Crippen LogP contribution in [0.5, 0.6) is 0 Å². The van der Waals surface area contributed by atoms with Crippen molar-refractivity contribution in [3.8, 4) is 0 Å². The lowest BCUT2D eigenvalue weighted by atomic mass is 9.59. The van der Waals surface area contributed by atoms with E-state index in [2.05, 4.69) is 0 Å². The fourth-order valence-corrected chi connectivity index (χ4v) is 6.11. The van der Waals surface area contributed by atoms with Crippen molar-refractivity contribution < 1.29 is 39.6 Å². The lowest BCUT2D eigenvalue weighted by molar-refractivity contribution is -0.141. The van der Waals surface area contributed by atoms with E-state index in [1.807, 2.05) is 47.6 Å². The Hall–Kier alpha value is -4.72. The van der Waals surface area contributed by atoms with E-state index in [0.717, 1.165) is 17.7 Å². The molecule has 3 aromatic carbocycles. The zero-order chi connectivity index (χ0) is 31.4. The molecule has 218 valence electrons. The molecule has 0 aliphatic heterocycles. The molecule has 0 bridgehead atoms. The summed E-state index contributed by atoms with van der Waals surface area (Å²) in [6.07, 6.45) is 1.34. The fourth-order valence-electron chi connectivity index (χ4n) is 6.11. The van der Waals surface area contributed by atoms with Crippen LogP contribution in [0.3, 0.4) is 0 Å². The Labute approximate surface area is 244 Å². The van der Waals surface area contributed by atoms with E-state index < -0.39 is 57.2 Å². The molecule has 1 aliphatic carbocycles. The number of benzene rings is 3. The van der Waals surface area contributed by atoms with E-state index in [1.165, 1.54) is 6.08 Å². The summed E-state index contributed by atoms with van der Waals surface area (Å²) in [5.41, 5.74) is -2.99. The first-order valence-electron chi connectivity index (χ1n) is 13.5. The van der Waals surface area contributed by atoms with Gasteiger partial charge in [0.2, 0.25) is 0 Å². The van der Waals surface area contributed by atoms with Gasteiger partial charge in [-0.05, 0) is 61.9 Å². The van der Waals surface area contributed by atoms with Gasteiger partial charge in [0, 0.05) is 0 Å². The molecule has 0 saturated heterocycles. The van der Waals surface area contributed by atoms with E-state index in [1.54, 1.807) is 42.5 Å². The van der Waals surface area contributed by atoms with Crippen LogP contribution in [0.1, 0.15) is 102 Å². The Morgan fingerprint density at radius 1 is 0.667 bits per heavy atom. The Kier molecular flexibility index (Phi) is 7.40. The molecule has 0 heterocycles. The molecule has 4 N–H and O–H groups in total. The van der Waals surface area contributed by atoms with Crippen molar-refractivity contribution in [3.05, 3.63) is 111 Å². The summed E-state index contributed by atoms with van der Waals surface area (Å²) in [6.45, 7) is 11.5. The Balaban J connectivity index is 2.39. The number of aromatic carboxylic acids is 2. The number of carboxylic acid groups (broad SMARTS) is 4. The SMILES string of the molecule is CC(C)(C)c1ccccc1C1=CC(C(=O)O)(c2ccccc2C(C)(C)C)c2c(C(=O)O)ccc(C(=O)O)c2C1C(=O)O. The maximum atomic E-state index is 13.8. The number of fused-ring (bicyclic) bond motifs is 1. The van der Waals surface area contributed by atoms with E-state index in [-0.39, 0.29) is 22.3 Å². The third-order valence-electron chi connectivity index (χ3n) is 7.86. The number of hydrogen-bond acceptors (Lipinski definition) is 4. The van der Waals surface area contributed by atoms with Crippen LogP contribution in [0.25, 0.3) is 5.57 Å². The Morgan fingerprint density at radius 3 is 1.67 bits per heavy atom. The molecule has 4 rings (SSSR count). The second kappa shape index (κ2) is 10.3. The van der Waals surface area contributed by atoms with Crippen molar-refractivity contribution in [1.29, 1.82) is 0 Å². The number of aliphatic carboxylic acids is 2. The molecule has 0 spiro atoms. The number of hydrogen-bond donors (Lipinski definition) is 4. The first kappa shape index (κ1) is 30.2. The van der Waals surface area contributed by atoms with Gasteiger partial charge in [0.1, 0.15) is 11.3 Å². The third kappa shape index (κ3) is 4.76. The molecule has 0 saturated carbocycles. The summed E-state index contributed by atoms with van der Waals surface area (Å²) in [5, 5.41) is 42.5. The van der Waals surface area contributed by atoms with Crippen LogP contribution < -0.4 is 0 Å². The molecule has 3 aromatic rings. The molecular weight excluding hydrogens is 536 g/mol. The topological polar surface area (TPSA) is 149 Å². The number of carboxylic acids is 4. The van der Waals surface area contributed by atoms with E-state index >= 15 is 0 Å². The minimum Gasteiger partial charge on any atom is -0.481 e. The second-order valence-corrected chi connectivity index (χ2v) is 12.6. The van der Waals surface area contributed by atoms with Crippen molar-refractivity contribution in [2.45, 2.75) is 63.7 Å². The summed E-state index contributed by atoms with van der Waals surface area (Å²) in [4.78, 5) is 52.2. The summed E-state index contributed by atoms with van der Waals surface area (Å²) in [6, 6.07) is 15.8. The molecule has 0 aromatic heterocycles. The van der Waals surface area contributed by atoms with Crippen LogP contribution in [0, 0.1) is 0 Å². The average Bonchev–Trinajstić information content (AvgIpc) is 2.90. The molecule has 42 heavy (non-hydrogen) atoms. The summed E-state index contributed by atoms with van der Waals surface area (Å²) < 4.78 is 0. The Morgan fingerprint density at radius 2 is 1.17 bits per heavy atom.